The third kappa shape index (κ3) is 26.2. The summed E-state index contributed by atoms with van der Waals surface area (Å²) in [4.78, 5) is 49.3. The second kappa shape index (κ2) is 38.7. The number of unbranched alkanes of at least 4 members (excludes halogenated alkanes) is 16. The number of hydrogen-bond acceptors (Lipinski definition) is 12. The molecule has 6 rings (SSSR count). The summed E-state index contributed by atoms with van der Waals surface area (Å²) >= 11 is 0. The Kier molecular flexibility index (Phi) is 31.4. The van der Waals surface area contributed by atoms with E-state index in [1.54, 1.807) is 60.7 Å². The van der Waals surface area contributed by atoms with Crippen LogP contribution in [0.3, 0.4) is 0 Å². The molecule has 0 saturated carbocycles. The molecule has 0 heterocycles. The van der Waals surface area contributed by atoms with Gasteiger partial charge in [-0.2, -0.15) is 0 Å². The van der Waals surface area contributed by atoms with E-state index in [9.17, 15) is 29.8 Å². The topological polar surface area (TPSA) is 176 Å². The molecule has 0 saturated heterocycles. The number of halogens is 2. The van der Waals surface area contributed by atoms with Crippen LogP contribution in [0, 0.1) is 31.9 Å². The number of ether oxygens (including phenoxy) is 4. The molecule has 0 amide bonds. The van der Waals surface area contributed by atoms with Gasteiger partial charge in [-0.3, -0.25) is 20.2 Å². The predicted molar refractivity (Wildman–Crippen MR) is 385 cm³/mol. The molecule has 0 radical (unpaired) electrons. The molecule has 0 aliphatic rings. The number of nitrogens with zero attached hydrogens (tertiary/aromatic N) is 2. The summed E-state index contributed by atoms with van der Waals surface area (Å²) in [7, 11) is -6.17. The highest BCUT2D eigenvalue weighted by molar-refractivity contribution is 6.87. The van der Waals surface area contributed by atoms with Crippen molar-refractivity contribution < 1.29 is 55.4 Å². The summed E-state index contributed by atoms with van der Waals surface area (Å²) in [6, 6.07) is 34.4. The van der Waals surface area contributed by atoms with Gasteiger partial charge in [0.25, 0.3) is 11.4 Å². The predicted octanol–water partition coefficient (Wildman–Crippen LogP) is 23.0. The van der Waals surface area contributed by atoms with Crippen LogP contribution >= 0.6 is 0 Å². The van der Waals surface area contributed by atoms with Gasteiger partial charge < -0.3 is 27.2 Å². The van der Waals surface area contributed by atoms with Gasteiger partial charge in [-0.1, -0.05) is 192 Å². The quantitative estimate of drug-likeness (QED) is 0.00885. The first-order valence-electron chi connectivity index (χ1n) is 34.8. The zero-order valence-electron chi connectivity index (χ0n) is 58.1. The third-order valence-corrected chi connectivity index (χ3v) is 29.0. The van der Waals surface area contributed by atoms with Crippen LogP contribution in [0.15, 0.2) is 121 Å². The van der Waals surface area contributed by atoms with Crippen LogP contribution in [-0.2, 0) is 8.23 Å². The van der Waals surface area contributed by atoms with Crippen LogP contribution in [0.5, 0.6) is 23.0 Å². The summed E-state index contributed by atoms with van der Waals surface area (Å²) < 4.78 is 66.5. The molecule has 0 aliphatic carbocycles. The molecule has 0 aliphatic heterocycles. The number of benzene rings is 6. The van der Waals surface area contributed by atoms with Crippen LogP contribution < -0.4 is 18.9 Å². The summed E-state index contributed by atoms with van der Waals surface area (Å²) in [6.45, 7) is 22.8. The van der Waals surface area contributed by atoms with Crippen molar-refractivity contribution in [3.05, 3.63) is 175 Å². The molecule has 0 bridgehead atoms. The van der Waals surface area contributed by atoms with Gasteiger partial charge >= 0.3 is 20.5 Å². The molecule has 0 N–H and O–H groups in total. The standard InChI is InChI=1S/C76H104F2N2O12Si3/c1-11-13-25-31-57(3)67-45-37-61(55-71(67)79(83)84)59-33-41-65(42-34-59)89-75(81)63-39-47-73(69(77)53-63)87-49-27-21-17-15-19-23-29-51-93(5,6)91-95(9,10)92-94(7,8)52-30-24-20-16-18-22-28-50-88-74-48-40-64(54-70(74)78)76(82)90-66-43-35-60(36-44-66)62-38-46-68(72(56-62)80(85)86)58(4)32-26-14-12-2/h33-48,53-58H,11-32,49-52H2,1-10H3/t57-,58-/m0/s1. The van der Waals surface area contributed by atoms with Crippen molar-refractivity contribution in [1.29, 1.82) is 0 Å². The third-order valence-electron chi connectivity index (χ3n) is 17.5. The van der Waals surface area contributed by atoms with E-state index in [0.717, 1.165) is 188 Å². The molecular weight excluding hydrogens is 1260 g/mol. The average Bonchev–Trinajstić information content (AvgIpc) is 1.02. The SMILES string of the molecule is CCCCC[C@H](C)c1ccc(-c2ccc(OC(=O)c3ccc(OCCCCCCCCC[Si](C)(C)O[Si](C)(C)O[Si](C)(C)CCCCCCCCCOc4ccc(C(=O)Oc5ccc(-c6ccc([C@@H](C)CCCCC)c([N+](=O)[O-])c6)cc5)cc4F)c(F)c3)cc2)cc1[N+](=O)[O-]. The second-order valence-corrected chi connectivity index (χ2v) is 39.7. The van der Waals surface area contributed by atoms with Crippen molar-refractivity contribution in [3.63, 3.8) is 0 Å². The van der Waals surface area contributed by atoms with Gasteiger partial charge in [0.2, 0.25) is 0 Å². The number of hydrogen-bond donors (Lipinski definition) is 0. The fourth-order valence-electron chi connectivity index (χ4n) is 12.5. The second-order valence-electron chi connectivity index (χ2n) is 27.2. The minimum atomic E-state index is -2.32. The molecule has 6 aromatic rings. The van der Waals surface area contributed by atoms with Crippen LogP contribution in [0.2, 0.25) is 51.4 Å². The molecule has 14 nitrogen and oxygen atoms in total. The maximum absolute atomic E-state index is 15.1. The summed E-state index contributed by atoms with van der Waals surface area (Å²) in [5.74, 6) is -1.81. The Labute approximate surface area is 567 Å². The molecule has 6 aromatic carbocycles. The van der Waals surface area contributed by atoms with Crippen molar-refractivity contribution in [2.24, 2.45) is 0 Å². The van der Waals surface area contributed by atoms with E-state index in [1.165, 1.54) is 24.3 Å². The Morgan fingerprint density at radius 2 is 0.768 bits per heavy atom. The molecular formula is C76H104F2N2O12Si3. The van der Waals surface area contributed by atoms with E-state index in [1.807, 2.05) is 38.1 Å². The van der Waals surface area contributed by atoms with Gasteiger partial charge in [-0.15, -0.1) is 0 Å². The van der Waals surface area contributed by atoms with Gasteiger partial charge in [0.15, 0.2) is 39.8 Å². The van der Waals surface area contributed by atoms with Gasteiger partial charge in [0.05, 0.1) is 34.2 Å². The Balaban J connectivity index is 0.768. The monoisotopic (exact) mass is 1360 g/mol. The smallest absolute Gasteiger partial charge is 0.343 e. The molecule has 0 fully saturated rings. The van der Waals surface area contributed by atoms with E-state index in [-0.39, 0.29) is 67.2 Å². The lowest BCUT2D eigenvalue weighted by Crippen LogP contribution is -2.52. The Hall–Kier alpha value is -6.91. The Bertz CT molecular complexity index is 3180. The fourth-order valence-corrected chi connectivity index (χ4v) is 26.7. The molecule has 0 aromatic heterocycles. The lowest BCUT2D eigenvalue weighted by Gasteiger charge is -2.39. The van der Waals surface area contributed by atoms with Crippen molar-refractivity contribution in [2.75, 3.05) is 13.2 Å². The number of carbonyl (C=O) groups is 2. The summed E-state index contributed by atoms with van der Waals surface area (Å²) in [5.41, 5.74) is 4.63. The van der Waals surface area contributed by atoms with E-state index in [4.69, 9.17) is 27.2 Å². The zero-order chi connectivity index (χ0) is 69.0. The van der Waals surface area contributed by atoms with E-state index in [0.29, 0.717) is 24.3 Å². The maximum atomic E-state index is 15.1. The lowest BCUT2D eigenvalue weighted by molar-refractivity contribution is -0.385. The molecule has 95 heavy (non-hydrogen) atoms. The first-order chi connectivity index (χ1) is 45.4. The van der Waals surface area contributed by atoms with Gasteiger partial charge in [0.1, 0.15) is 11.5 Å². The van der Waals surface area contributed by atoms with Crippen LogP contribution in [0.4, 0.5) is 20.2 Å². The summed E-state index contributed by atoms with van der Waals surface area (Å²) in [6.07, 6.45) is 23.1. The number of carbonyl (C=O) groups excluding carboxylic acids is 2. The highest BCUT2D eigenvalue weighted by atomic mass is 28.5. The number of nitro groups is 2. The normalized spacial score (nSPS) is 12.5. The van der Waals surface area contributed by atoms with Gasteiger partial charge in [-0.05, 0) is 172 Å². The number of esters is 2. The maximum Gasteiger partial charge on any atom is 0.343 e. The van der Waals surface area contributed by atoms with Crippen LogP contribution in [0.25, 0.3) is 22.3 Å². The fraction of sp³-hybridized carbons (Fsp3) is 0.500. The van der Waals surface area contributed by atoms with Crippen molar-refractivity contribution in [3.8, 4) is 45.3 Å². The first-order valence-corrected chi connectivity index (χ1v) is 43.9. The van der Waals surface area contributed by atoms with Crippen LogP contribution in [-0.4, -0.2) is 60.2 Å². The molecule has 0 spiro atoms. The zero-order valence-corrected chi connectivity index (χ0v) is 61.1. The Morgan fingerprint density at radius 3 is 1.11 bits per heavy atom. The van der Waals surface area contributed by atoms with Crippen molar-refractivity contribution in [2.45, 2.75) is 232 Å². The molecule has 0 unspecified atom stereocenters. The van der Waals surface area contributed by atoms with E-state index in [2.05, 4.69) is 53.1 Å². The van der Waals surface area contributed by atoms with E-state index >= 15 is 8.78 Å². The molecule has 19 heteroatoms. The first kappa shape index (κ1) is 77.1. The van der Waals surface area contributed by atoms with Crippen LogP contribution in [0.1, 0.15) is 213 Å². The molecule has 2 atom stereocenters. The highest BCUT2D eigenvalue weighted by Gasteiger charge is 2.39. The largest absolute Gasteiger partial charge is 0.491 e. The molecule has 516 valence electrons. The highest BCUT2D eigenvalue weighted by Crippen LogP contribution is 2.37. The number of rotatable bonds is 44. The van der Waals surface area contributed by atoms with E-state index < -0.39 is 48.8 Å². The van der Waals surface area contributed by atoms with Gasteiger partial charge in [-0.25, -0.2) is 18.4 Å². The van der Waals surface area contributed by atoms with Crippen molar-refractivity contribution in [1.82, 2.24) is 0 Å². The minimum absolute atomic E-state index is 0.0567. The Morgan fingerprint density at radius 1 is 0.432 bits per heavy atom. The lowest BCUT2D eigenvalue weighted by atomic mass is 9.91. The minimum Gasteiger partial charge on any atom is -0.491 e. The van der Waals surface area contributed by atoms with Gasteiger partial charge in [0, 0.05) is 23.3 Å². The van der Waals surface area contributed by atoms with Crippen molar-refractivity contribution >= 4 is 48.5 Å². The summed E-state index contributed by atoms with van der Waals surface area (Å²) in [5, 5.41) is 24.0. The number of nitro benzene ring substituents is 2. The average molecular weight is 1360 g/mol.